The van der Waals surface area contributed by atoms with Crippen molar-refractivity contribution in [2.45, 2.75) is 33.1 Å². The molecule has 1 aliphatic rings. The van der Waals surface area contributed by atoms with Gasteiger partial charge in [-0.2, -0.15) is 4.98 Å². The number of nitrogens with zero attached hydrogens (tertiary/aromatic N) is 2. The molecular weight excluding hydrogens is 212 g/mol. The van der Waals surface area contributed by atoms with E-state index in [1.54, 1.807) is 0 Å². The molecule has 4 nitrogen and oxygen atoms in total. The normalized spacial score (nSPS) is 23.7. The summed E-state index contributed by atoms with van der Waals surface area (Å²) in [5.41, 5.74) is 1.11. The predicted octanol–water partition coefficient (Wildman–Crippen LogP) is 2.67. The number of aryl methyl sites for hydroxylation is 1. The van der Waals surface area contributed by atoms with E-state index in [0.29, 0.717) is 5.95 Å². The summed E-state index contributed by atoms with van der Waals surface area (Å²) in [6, 6.07) is 0. The average Bonchev–Trinajstić information content (AvgIpc) is 2.74. The lowest BCUT2D eigenvalue weighted by molar-refractivity contribution is 0.439. The van der Waals surface area contributed by atoms with Crippen LogP contribution < -0.4 is 10.6 Å². The smallest absolute Gasteiger partial charge is 0.224 e. The number of aromatic nitrogens is 2. The summed E-state index contributed by atoms with van der Waals surface area (Å²) >= 11 is 0. The fraction of sp³-hybridized carbons (Fsp3) is 0.692. The molecule has 0 aliphatic heterocycles. The Balaban J connectivity index is 1.98. The van der Waals surface area contributed by atoms with Crippen molar-refractivity contribution in [2.75, 3.05) is 24.2 Å². The minimum atomic E-state index is 0.678. The molecule has 0 bridgehead atoms. The van der Waals surface area contributed by atoms with Crippen molar-refractivity contribution in [3.63, 3.8) is 0 Å². The Kier molecular flexibility index (Phi) is 3.82. The Morgan fingerprint density at radius 3 is 2.88 bits per heavy atom. The van der Waals surface area contributed by atoms with Crippen molar-refractivity contribution in [3.05, 3.63) is 11.8 Å². The molecule has 1 saturated carbocycles. The molecule has 1 aromatic heterocycles. The zero-order valence-electron chi connectivity index (χ0n) is 11.0. The van der Waals surface area contributed by atoms with Crippen LogP contribution in [-0.2, 0) is 0 Å². The number of hydrogen-bond acceptors (Lipinski definition) is 4. The summed E-state index contributed by atoms with van der Waals surface area (Å²) in [5.74, 6) is 3.27. The maximum Gasteiger partial charge on any atom is 0.224 e. The van der Waals surface area contributed by atoms with Crippen molar-refractivity contribution < 1.29 is 0 Å². The Labute approximate surface area is 103 Å². The van der Waals surface area contributed by atoms with Crippen LogP contribution in [-0.4, -0.2) is 23.6 Å². The second kappa shape index (κ2) is 5.34. The minimum absolute atomic E-state index is 0.678. The molecule has 1 aliphatic carbocycles. The maximum absolute atomic E-state index is 4.44. The van der Waals surface area contributed by atoms with E-state index in [-0.39, 0.29) is 0 Å². The monoisotopic (exact) mass is 234 g/mol. The Morgan fingerprint density at radius 2 is 2.24 bits per heavy atom. The van der Waals surface area contributed by atoms with E-state index < -0.39 is 0 Å². The van der Waals surface area contributed by atoms with E-state index in [0.717, 1.165) is 29.8 Å². The van der Waals surface area contributed by atoms with E-state index >= 15 is 0 Å². The fourth-order valence-electron chi connectivity index (χ4n) is 2.49. The first-order valence-electron chi connectivity index (χ1n) is 6.46. The topological polar surface area (TPSA) is 49.8 Å². The number of hydrogen-bond donors (Lipinski definition) is 2. The third kappa shape index (κ3) is 2.87. The van der Waals surface area contributed by atoms with Gasteiger partial charge in [0.25, 0.3) is 0 Å². The second-order valence-electron chi connectivity index (χ2n) is 5.02. The Hall–Kier alpha value is -1.32. The molecule has 4 heteroatoms. The van der Waals surface area contributed by atoms with Crippen LogP contribution in [0.15, 0.2) is 6.20 Å². The van der Waals surface area contributed by atoms with Gasteiger partial charge in [-0.05, 0) is 25.2 Å². The van der Waals surface area contributed by atoms with Gasteiger partial charge in [-0.25, -0.2) is 4.98 Å². The molecule has 1 heterocycles. The highest BCUT2D eigenvalue weighted by molar-refractivity contribution is 5.46. The average molecular weight is 234 g/mol. The Bertz CT molecular complexity index is 378. The van der Waals surface area contributed by atoms with E-state index in [1.165, 1.54) is 19.3 Å². The molecular formula is C13H22N4. The third-order valence-corrected chi connectivity index (χ3v) is 3.77. The molecule has 94 valence electrons. The lowest BCUT2D eigenvalue weighted by atomic mass is 9.98. The van der Waals surface area contributed by atoms with Crippen molar-refractivity contribution >= 4 is 11.8 Å². The summed E-state index contributed by atoms with van der Waals surface area (Å²) in [6.45, 7) is 5.42. The Morgan fingerprint density at radius 1 is 1.41 bits per heavy atom. The lowest BCUT2D eigenvalue weighted by Crippen LogP contribution is -2.18. The van der Waals surface area contributed by atoms with E-state index in [4.69, 9.17) is 0 Å². The number of anilines is 2. The lowest BCUT2D eigenvalue weighted by Gasteiger charge is -2.17. The van der Waals surface area contributed by atoms with Gasteiger partial charge < -0.3 is 10.6 Å². The van der Waals surface area contributed by atoms with Crippen LogP contribution in [0.5, 0.6) is 0 Å². The molecule has 1 aromatic rings. The van der Waals surface area contributed by atoms with Crippen LogP contribution in [0.2, 0.25) is 0 Å². The molecule has 2 rings (SSSR count). The first-order valence-corrected chi connectivity index (χ1v) is 6.46. The molecule has 17 heavy (non-hydrogen) atoms. The molecule has 1 fully saturated rings. The molecule has 2 atom stereocenters. The molecule has 0 amide bonds. The van der Waals surface area contributed by atoms with E-state index in [1.807, 2.05) is 20.2 Å². The first-order chi connectivity index (χ1) is 8.20. The summed E-state index contributed by atoms with van der Waals surface area (Å²) in [7, 11) is 1.84. The molecule has 2 N–H and O–H groups in total. The molecule has 2 unspecified atom stereocenters. The zero-order valence-corrected chi connectivity index (χ0v) is 11.0. The fourth-order valence-corrected chi connectivity index (χ4v) is 2.49. The summed E-state index contributed by atoms with van der Waals surface area (Å²) in [6.07, 6.45) is 5.95. The third-order valence-electron chi connectivity index (χ3n) is 3.77. The van der Waals surface area contributed by atoms with Crippen LogP contribution in [0.3, 0.4) is 0 Å². The van der Waals surface area contributed by atoms with Crippen molar-refractivity contribution in [1.82, 2.24) is 9.97 Å². The van der Waals surface area contributed by atoms with Crippen molar-refractivity contribution in [2.24, 2.45) is 11.8 Å². The van der Waals surface area contributed by atoms with Crippen molar-refractivity contribution in [1.29, 1.82) is 0 Å². The van der Waals surface area contributed by atoms with Gasteiger partial charge in [0.2, 0.25) is 5.95 Å². The predicted molar refractivity (Wildman–Crippen MR) is 71.3 cm³/mol. The zero-order chi connectivity index (χ0) is 12.3. The van der Waals surface area contributed by atoms with Crippen LogP contribution >= 0.6 is 0 Å². The minimum Gasteiger partial charge on any atom is -0.369 e. The molecule has 0 spiro atoms. The molecule has 0 radical (unpaired) electrons. The van der Waals surface area contributed by atoms with Crippen LogP contribution in [0.1, 0.15) is 31.7 Å². The number of nitrogens with one attached hydrogen (secondary N) is 2. The van der Waals surface area contributed by atoms with Crippen LogP contribution in [0.4, 0.5) is 11.8 Å². The summed E-state index contributed by atoms with van der Waals surface area (Å²) < 4.78 is 0. The van der Waals surface area contributed by atoms with E-state index in [2.05, 4.69) is 27.5 Å². The van der Waals surface area contributed by atoms with E-state index in [9.17, 15) is 0 Å². The van der Waals surface area contributed by atoms with Gasteiger partial charge in [0.05, 0.1) is 0 Å². The second-order valence-corrected chi connectivity index (χ2v) is 5.02. The largest absolute Gasteiger partial charge is 0.369 e. The maximum atomic E-state index is 4.44. The van der Waals surface area contributed by atoms with Crippen LogP contribution in [0.25, 0.3) is 0 Å². The van der Waals surface area contributed by atoms with Gasteiger partial charge in [0.15, 0.2) is 0 Å². The van der Waals surface area contributed by atoms with Gasteiger partial charge in [-0.15, -0.1) is 0 Å². The van der Waals surface area contributed by atoms with Gasteiger partial charge >= 0.3 is 0 Å². The highest BCUT2D eigenvalue weighted by Gasteiger charge is 2.23. The molecule has 0 saturated heterocycles. The quantitative estimate of drug-likeness (QED) is 0.841. The van der Waals surface area contributed by atoms with Gasteiger partial charge in [-0.3, -0.25) is 0 Å². The summed E-state index contributed by atoms with van der Waals surface area (Å²) in [5, 5.41) is 6.44. The summed E-state index contributed by atoms with van der Waals surface area (Å²) in [4.78, 5) is 8.63. The molecule has 0 aromatic carbocycles. The highest BCUT2D eigenvalue weighted by atomic mass is 15.1. The van der Waals surface area contributed by atoms with Crippen molar-refractivity contribution in [3.8, 4) is 0 Å². The van der Waals surface area contributed by atoms with Gasteiger partial charge in [0.1, 0.15) is 5.82 Å². The van der Waals surface area contributed by atoms with Gasteiger partial charge in [0, 0.05) is 25.4 Å². The standard InChI is InChI=1S/C13H22N4/c1-9-5-4-6-11(9)8-15-12-10(2)7-16-13(14-3)17-12/h7,9,11H,4-6,8H2,1-3H3,(H2,14,15,16,17). The SMILES string of the molecule is CNc1ncc(C)c(NCC2CCCC2C)n1. The van der Waals surface area contributed by atoms with Gasteiger partial charge in [-0.1, -0.05) is 19.8 Å². The number of rotatable bonds is 4. The first kappa shape index (κ1) is 12.1. The van der Waals surface area contributed by atoms with Crippen LogP contribution in [0, 0.1) is 18.8 Å². The highest BCUT2D eigenvalue weighted by Crippen LogP contribution is 2.31.